The molecule has 0 heterocycles. The van der Waals surface area contributed by atoms with Gasteiger partial charge in [-0.1, -0.05) is 31.5 Å². The van der Waals surface area contributed by atoms with Gasteiger partial charge < -0.3 is 0 Å². The average molecular weight is 102 g/mol. The third kappa shape index (κ3) is 4.53. The summed E-state index contributed by atoms with van der Waals surface area (Å²) in [4.78, 5) is 0. The van der Waals surface area contributed by atoms with Crippen LogP contribution in [0, 0.1) is 5.41 Å². The Kier molecular flexibility index (Phi) is 2.18. The molecule has 1 heteroatoms. The predicted octanol–water partition coefficient (Wildman–Crippen LogP) is 1.33. The van der Waals surface area contributed by atoms with Crippen LogP contribution in [-0.2, 0) is 0 Å². The SMILES string of the molecule is CC(C)(C)[CH2][AlH2].[HH]. The van der Waals surface area contributed by atoms with Gasteiger partial charge in [-0.2, -0.15) is 0 Å². The Balaban J connectivity index is 0. The highest BCUT2D eigenvalue weighted by Gasteiger charge is 2.03. The van der Waals surface area contributed by atoms with E-state index in [4.69, 9.17) is 0 Å². The zero-order chi connectivity index (χ0) is 5.21. The molecule has 0 aromatic carbocycles. The van der Waals surface area contributed by atoms with Gasteiger partial charge in [0.25, 0.3) is 0 Å². The van der Waals surface area contributed by atoms with Crippen molar-refractivity contribution < 1.29 is 1.43 Å². The maximum absolute atomic E-state index is 2.28. The maximum Gasteiger partial charge on any atom is 0.212 e. The lowest BCUT2D eigenvalue weighted by Crippen LogP contribution is -2.01. The lowest BCUT2D eigenvalue weighted by molar-refractivity contribution is 0.469. The van der Waals surface area contributed by atoms with E-state index in [0.29, 0.717) is 5.41 Å². The molecule has 0 aromatic rings. The summed E-state index contributed by atoms with van der Waals surface area (Å²) in [5.41, 5.74) is 0.603. The molecule has 0 aliphatic rings. The molecule has 0 atom stereocenters. The normalized spacial score (nSPS) is 11.8. The van der Waals surface area contributed by atoms with Crippen LogP contribution in [-0.4, -0.2) is 16.3 Å². The van der Waals surface area contributed by atoms with Crippen LogP contribution in [0.1, 0.15) is 22.2 Å². The van der Waals surface area contributed by atoms with Gasteiger partial charge in [-0.25, -0.2) is 0 Å². The molecule has 6 heavy (non-hydrogen) atoms. The van der Waals surface area contributed by atoms with E-state index in [1.807, 2.05) is 0 Å². The van der Waals surface area contributed by atoms with Crippen LogP contribution in [0.4, 0.5) is 0 Å². The highest BCUT2D eigenvalue weighted by molar-refractivity contribution is 6.08. The monoisotopic (exact) mass is 102 g/mol. The van der Waals surface area contributed by atoms with Crippen molar-refractivity contribution >= 4 is 16.3 Å². The van der Waals surface area contributed by atoms with E-state index in [0.717, 1.165) is 0 Å². The molecular formula is C5H15Al. The fourth-order valence-electron chi connectivity index (χ4n) is 0. The molecule has 0 fully saturated rings. The molecule has 0 aromatic heterocycles. The molecule has 0 bridgehead atoms. The van der Waals surface area contributed by atoms with Crippen LogP contribution >= 0.6 is 0 Å². The molecule has 0 saturated heterocycles. The van der Waals surface area contributed by atoms with Gasteiger partial charge in [-0.3, -0.25) is 0 Å². The predicted molar refractivity (Wildman–Crippen MR) is 34.9 cm³/mol. The van der Waals surface area contributed by atoms with E-state index >= 15 is 0 Å². The number of hydrogen-bond acceptors (Lipinski definition) is 0. The molecule has 0 unspecified atom stereocenters. The fraction of sp³-hybridized carbons (Fsp3) is 1.00. The van der Waals surface area contributed by atoms with E-state index in [9.17, 15) is 0 Å². The van der Waals surface area contributed by atoms with Gasteiger partial charge in [0.15, 0.2) is 0 Å². The van der Waals surface area contributed by atoms with Crippen molar-refractivity contribution in [2.24, 2.45) is 5.41 Å². The van der Waals surface area contributed by atoms with E-state index in [1.54, 1.807) is 0 Å². The lowest BCUT2D eigenvalue weighted by atomic mass is 10.0. The second-order valence-corrected chi connectivity index (χ2v) is 3.62. The van der Waals surface area contributed by atoms with E-state index in [1.165, 1.54) is 21.6 Å². The topological polar surface area (TPSA) is 0 Å². The minimum Gasteiger partial charge on any atom is -0.0966 e. The summed E-state index contributed by atoms with van der Waals surface area (Å²) in [6, 6.07) is 0. The first kappa shape index (κ1) is 6.53. The average Bonchev–Trinajstić information content (AvgIpc) is 1.35. The van der Waals surface area contributed by atoms with E-state index in [-0.39, 0.29) is 1.43 Å². The summed E-state index contributed by atoms with van der Waals surface area (Å²) in [7, 11) is 0. The van der Waals surface area contributed by atoms with Crippen molar-refractivity contribution in [3.05, 3.63) is 0 Å². The van der Waals surface area contributed by atoms with Crippen molar-refractivity contribution in [2.45, 2.75) is 26.1 Å². The summed E-state index contributed by atoms with van der Waals surface area (Å²) < 4.78 is 0. The van der Waals surface area contributed by atoms with Gasteiger partial charge in [0.1, 0.15) is 0 Å². The van der Waals surface area contributed by atoms with Gasteiger partial charge in [-0.15, -0.1) is 0 Å². The van der Waals surface area contributed by atoms with Crippen LogP contribution < -0.4 is 0 Å². The third-order valence-electron chi connectivity index (χ3n) is 1.06. The first-order valence-electron chi connectivity index (χ1n) is 2.56. The van der Waals surface area contributed by atoms with Crippen LogP contribution in [0.3, 0.4) is 0 Å². The van der Waals surface area contributed by atoms with Crippen LogP contribution in [0.5, 0.6) is 0 Å². The van der Waals surface area contributed by atoms with Crippen LogP contribution in [0.2, 0.25) is 5.28 Å². The Bertz CT molecular complexity index is 37.8. The molecular weight excluding hydrogens is 87.0 g/mol. The smallest absolute Gasteiger partial charge is 0.0966 e. The third-order valence-corrected chi connectivity index (χ3v) is 3.18. The molecule has 0 nitrogen and oxygen atoms in total. The largest absolute Gasteiger partial charge is 0.212 e. The lowest BCUT2D eigenvalue weighted by Gasteiger charge is -2.13. The molecule has 0 aliphatic heterocycles. The first-order valence-corrected chi connectivity index (χ1v) is 3.97. The van der Waals surface area contributed by atoms with Crippen molar-refractivity contribution in [3.8, 4) is 0 Å². The summed E-state index contributed by atoms with van der Waals surface area (Å²) in [5.74, 6) is 0. The Morgan fingerprint density at radius 1 is 1.50 bits per heavy atom. The molecule has 38 valence electrons. The first-order chi connectivity index (χ1) is 2.56. The van der Waals surface area contributed by atoms with Crippen LogP contribution in [0.25, 0.3) is 0 Å². The molecule has 0 aliphatic carbocycles. The van der Waals surface area contributed by atoms with Crippen molar-refractivity contribution in [1.82, 2.24) is 0 Å². The molecule has 0 amide bonds. The fourth-order valence-corrected chi connectivity index (χ4v) is 0. The van der Waals surface area contributed by atoms with E-state index < -0.39 is 0 Å². The summed E-state index contributed by atoms with van der Waals surface area (Å²) in [5, 5.41) is 1.41. The highest BCUT2D eigenvalue weighted by atomic mass is 27.0. The van der Waals surface area contributed by atoms with Crippen molar-refractivity contribution in [2.75, 3.05) is 0 Å². The second-order valence-electron chi connectivity index (χ2n) is 2.91. The second kappa shape index (κ2) is 2.00. The standard InChI is InChI=1S/C5H11.Al.H2.2H/c1-5(2,3)4;;;;/h1H2,2-4H3;;1H;;. The van der Waals surface area contributed by atoms with Gasteiger partial charge in [0.2, 0.25) is 16.3 Å². The Morgan fingerprint density at radius 3 is 1.67 bits per heavy atom. The molecule has 0 radical (unpaired) electrons. The Labute approximate surface area is 49.8 Å². The maximum atomic E-state index is 2.28. The zero-order valence-electron chi connectivity index (χ0n) is 5.21. The summed E-state index contributed by atoms with van der Waals surface area (Å²) in [6.07, 6.45) is 0. The number of hydrogen-bond donors (Lipinski definition) is 0. The minimum atomic E-state index is 0. The summed E-state index contributed by atoms with van der Waals surface area (Å²) in [6.45, 7) is 6.83. The van der Waals surface area contributed by atoms with Crippen molar-refractivity contribution in [3.63, 3.8) is 0 Å². The zero-order valence-corrected chi connectivity index (χ0v) is 7.21. The molecule has 0 rings (SSSR count). The highest BCUT2D eigenvalue weighted by Crippen LogP contribution is 2.15. The molecule has 0 spiro atoms. The quantitative estimate of drug-likeness (QED) is 0.405. The Morgan fingerprint density at radius 2 is 1.67 bits per heavy atom. The summed E-state index contributed by atoms with van der Waals surface area (Å²) >= 11 is 1.35. The minimum absolute atomic E-state index is 0. The van der Waals surface area contributed by atoms with Crippen LogP contribution in [0.15, 0.2) is 0 Å². The number of rotatable bonds is 0. The Hall–Kier alpha value is 0.532. The van der Waals surface area contributed by atoms with Gasteiger partial charge in [0.05, 0.1) is 0 Å². The molecule has 0 N–H and O–H groups in total. The van der Waals surface area contributed by atoms with E-state index in [2.05, 4.69) is 20.8 Å². The van der Waals surface area contributed by atoms with Gasteiger partial charge in [-0.05, 0) is 0 Å². The van der Waals surface area contributed by atoms with Crippen molar-refractivity contribution in [1.29, 1.82) is 0 Å². The molecule has 0 saturated carbocycles. The van der Waals surface area contributed by atoms with Gasteiger partial charge in [0, 0.05) is 1.43 Å². The van der Waals surface area contributed by atoms with Gasteiger partial charge >= 0.3 is 0 Å².